The van der Waals surface area contributed by atoms with Crippen LogP contribution in [-0.4, -0.2) is 72.7 Å². The molecule has 2 saturated heterocycles. The first-order chi connectivity index (χ1) is 9.53. The molecule has 0 aromatic heterocycles. The molecule has 2 aliphatic rings. The van der Waals surface area contributed by atoms with Gasteiger partial charge >= 0.3 is 5.97 Å². The summed E-state index contributed by atoms with van der Waals surface area (Å²) >= 11 is 0. The SMILES string of the molecule is CNC(C)(CN1CCC(CN2CCCC2)CC1)C(=O)O. The molecule has 0 bridgehead atoms. The van der Waals surface area contributed by atoms with Gasteiger partial charge in [-0.25, -0.2) is 0 Å². The molecule has 20 heavy (non-hydrogen) atoms. The van der Waals surface area contributed by atoms with Gasteiger partial charge in [-0.3, -0.25) is 4.79 Å². The average molecular weight is 283 g/mol. The van der Waals surface area contributed by atoms with E-state index >= 15 is 0 Å². The topological polar surface area (TPSA) is 55.8 Å². The zero-order chi connectivity index (χ0) is 14.6. The van der Waals surface area contributed by atoms with Gasteiger partial charge in [0.25, 0.3) is 0 Å². The van der Waals surface area contributed by atoms with E-state index < -0.39 is 11.5 Å². The normalized spacial score (nSPS) is 25.7. The summed E-state index contributed by atoms with van der Waals surface area (Å²) in [4.78, 5) is 16.2. The monoisotopic (exact) mass is 283 g/mol. The summed E-state index contributed by atoms with van der Waals surface area (Å²) in [6.45, 7) is 8.22. The predicted octanol–water partition coefficient (Wildman–Crippen LogP) is 0.857. The Hall–Kier alpha value is -0.650. The van der Waals surface area contributed by atoms with E-state index in [1.807, 2.05) is 0 Å². The molecule has 0 radical (unpaired) electrons. The van der Waals surface area contributed by atoms with Crippen LogP contribution < -0.4 is 5.32 Å². The molecular weight excluding hydrogens is 254 g/mol. The molecule has 2 fully saturated rings. The molecule has 5 heteroatoms. The molecular formula is C15H29N3O2. The number of hydrogen-bond acceptors (Lipinski definition) is 4. The van der Waals surface area contributed by atoms with E-state index in [1.54, 1.807) is 14.0 Å². The van der Waals surface area contributed by atoms with Crippen molar-refractivity contribution < 1.29 is 9.90 Å². The minimum absolute atomic E-state index is 0.593. The fourth-order valence-corrected chi connectivity index (χ4v) is 3.36. The number of nitrogens with one attached hydrogen (secondary N) is 1. The van der Waals surface area contributed by atoms with Crippen LogP contribution in [0.1, 0.15) is 32.6 Å². The van der Waals surface area contributed by atoms with Crippen LogP contribution in [0.2, 0.25) is 0 Å². The molecule has 0 saturated carbocycles. The van der Waals surface area contributed by atoms with Gasteiger partial charge < -0.3 is 20.2 Å². The summed E-state index contributed by atoms with van der Waals surface area (Å²) < 4.78 is 0. The predicted molar refractivity (Wildman–Crippen MR) is 79.9 cm³/mol. The number of carboxylic acids is 1. The molecule has 1 atom stereocenters. The van der Waals surface area contributed by atoms with Crippen molar-refractivity contribution in [3.8, 4) is 0 Å². The van der Waals surface area contributed by atoms with Gasteiger partial charge in [0.15, 0.2) is 0 Å². The van der Waals surface area contributed by atoms with Crippen molar-refractivity contribution in [3.05, 3.63) is 0 Å². The van der Waals surface area contributed by atoms with Crippen LogP contribution in [0.3, 0.4) is 0 Å². The van der Waals surface area contributed by atoms with Crippen LogP contribution in [0.25, 0.3) is 0 Å². The fourth-order valence-electron chi connectivity index (χ4n) is 3.36. The Kier molecular flexibility index (Phi) is 5.41. The Morgan fingerprint density at radius 1 is 1.20 bits per heavy atom. The molecule has 2 aliphatic heterocycles. The highest BCUT2D eigenvalue weighted by atomic mass is 16.4. The van der Waals surface area contributed by atoms with Crippen LogP contribution in [-0.2, 0) is 4.79 Å². The van der Waals surface area contributed by atoms with Crippen molar-refractivity contribution in [1.82, 2.24) is 15.1 Å². The maximum atomic E-state index is 11.3. The molecule has 0 aromatic carbocycles. The van der Waals surface area contributed by atoms with Crippen molar-refractivity contribution in [2.45, 2.75) is 38.1 Å². The zero-order valence-corrected chi connectivity index (χ0v) is 12.9. The van der Waals surface area contributed by atoms with Crippen molar-refractivity contribution >= 4 is 5.97 Å². The first-order valence-corrected chi connectivity index (χ1v) is 7.90. The number of carboxylic acid groups (broad SMARTS) is 1. The van der Waals surface area contributed by atoms with Crippen molar-refractivity contribution in [1.29, 1.82) is 0 Å². The van der Waals surface area contributed by atoms with Gasteiger partial charge in [-0.2, -0.15) is 0 Å². The van der Waals surface area contributed by atoms with Crippen LogP contribution in [0.5, 0.6) is 0 Å². The standard InChI is InChI=1S/C15H29N3O2/c1-15(16-2,14(19)20)12-18-9-5-13(6-10-18)11-17-7-3-4-8-17/h13,16H,3-12H2,1-2H3,(H,19,20). The number of likely N-dealkylation sites (N-methyl/N-ethyl adjacent to an activating group) is 1. The first kappa shape index (κ1) is 15.7. The molecule has 0 aliphatic carbocycles. The fraction of sp³-hybridized carbons (Fsp3) is 0.933. The van der Waals surface area contributed by atoms with Gasteiger partial charge in [-0.05, 0) is 71.8 Å². The largest absolute Gasteiger partial charge is 0.480 e. The van der Waals surface area contributed by atoms with Crippen LogP contribution in [0.4, 0.5) is 0 Å². The molecule has 0 spiro atoms. The first-order valence-electron chi connectivity index (χ1n) is 7.90. The number of hydrogen-bond donors (Lipinski definition) is 2. The molecule has 116 valence electrons. The summed E-state index contributed by atoms with van der Waals surface area (Å²) in [5, 5.41) is 12.3. The molecule has 2 rings (SSSR count). The van der Waals surface area contributed by atoms with E-state index in [0.717, 1.165) is 19.0 Å². The van der Waals surface area contributed by atoms with Gasteiger partial charge in [-0.1, -0.05) is 0 Å². The van der Waals surface area contributed by atoms with Gasteiger partial charge in [-0.15, -0.1) is 0 Å². The highest BCUT2D eigenvalue weighted by Gasteiger charge is 2.34. The molecule has 2 heterocycles. The average Bonchev–Trinajstić information content (AvgIpc) is 2.93. The number of likely N-dealkylation sites (tertiary alicyclic amines) is 2. The van der Waals surface area contributed by atoms with Gasteiger partial charge in [0.2, 0.25) is 0 Å². The number of carbonyl (C=O) groups is 1. The number of nitrogens with zero attached hydrogens (tertiary/aromatic N) is 2. The lowest BCUT2D eigenvalue weighted by molar-refractivity contribution is -0.144. The minimum atomic E-state index is -0.832. The third kappa shape index (κ3) is 3.93. The molecule has 5 nitrogen and oxygen atoms in total. The van der Waals surface area contributed by atoms with E-state index in [4.69, 9.17) is 0 Å². The second-order valence-electron chi connectivity index (χ2n) is 6.61. The summed E-state index contributed by atoms with van der Waals surface area (Å²) in [7, 11) is 1.73. The van der Waals surface area contributed by atoms with E-state index in [2.05, 4.69) is 15.1 Å². The lowest BCUT2D eigenvalue weighted by Crippen LogP contribution is -2.56. The Morgan fingerprint density at radius 2 is 1.80 bits per heavy atom. The highest BCUT2D eigenvalue weighted by molar-refractivity contribution is 5.78. The second-order valence-corrected chi connectivity index (χ2v) is 6.61. The molecule has 2 N–H and O–H groups in total. The maximum Gasteiger partial charge on any atom is 0.324 e. The van der Waals surface area contributed by atoms with E-state index in [0.29, 0.717) is 6.54 Å². The maximum absolute atomic E-state index is 11.3. The summed E-state index contributed by atoms with van der Waals surface area (Å²) in [6.07, 6.45) is 5.13. The quantitative estimate of drug-likeness (QED) is 0.757. The molecule has 1 unspecified atom stereocenters. The number of aliphatic carboxylic acids is 1. The van der Waals surface area contributed by atoms with Crippen molar-refractivity contribution in [2.24, 2.45) is 5.92 Å². The smallest absolute Gasteiger partial charge is 0.324 e. The van der Waals surface area contributed by atoms with Gasteiger partial charge in [0.05, 0.1) is 0 Å². The van der Waals surface area contributed by atoms with E-state index in [-0.39, 0.29) is 0 Å². The van der Waals surface area contributed by atoms with Crippen LogP contribution in [0, 0.1) is 5.92 Å². The lowest BCUT2D eigenvalue weighted by atomic mass is 9.94. The Bertz CT molecular complexity index is 323. The number of piperidine rings is 1. The number of rotatable bonds is 6. The lowest BCUT2D eigenvalue weighted by Gasteiger charge is -2.37. The minimum Gasteiger partial charge on any atom is -0.480 e. The third-order valence-electron chi connectivity index (χ3n) is 4.99. The van der Waals surface area contributed by atoms with Crippen molar-refractivity contribution in [2.75, 3.05) is 46.3 Å². The molecule has 0 aromatic rings. The van der Waals surface area contributed by atoms with Crippen LogP contribution >= 0.6 is 0 Å². The third-order valence-corrected chi connectivity index (χ3v) is 4.99. The second kappa shape index (κ2) is 6.87. The molecule has 0 amide bonds. The van der Waals surface area contributed by atoms with Gasteiger partial charge in [0.1, 0.15) is 5.54 Å². The van der Waals surface area contributed by atoms with Crippen molar-refractivity contribution in [3.63, 3.8) is 0 Å². The summed E-state index contributed by atoms with van der Waals surface area (Å²) in [6, 6.07) is 0. The van der Waals surface area contributed by atoms with Gasteiger partial charge in [0, 0.05) is 13.1 Å². The Morgan fingerprint density at radius 3 is 2.30 bits per heavy atom. The summed E-state index contributed by atoms with van der Waals surface area (Å²) in [5.41, 5.74) is -0.832. The van der Waals surface area contributed by atoms with E-state index in [9.17, 15) is 9.90 Å². The Balaban J connectivity index is 1.74. The van der Waals surface area contributed by atoms with E-state index in [1.165, 1.54) is 45.3 Å². The summed E-state index contributed by atoms with van der Waals surface area (Å²) in [5.74, 6) is 0.0363. The zero-order valence-electron chi connectivity index (χ0n) is 12.9. The highest BCUT2D eigenvalue weighted by Crippen LogP contribution is 2.22. The Labute approximate surface area is 122 Å². The van der Waals surface area contributed by atoms with Crippen LogP contribution in [0.15, 0.2) is 0 Å².